The monoisotopic (exact) mass is 628 g/mol. The molecule has 0 aliphatic rings. The maximum atomic E-state index is 12.0. The van der Waals surface area contributed by atoms with Crippen LogP contribution in [0.1, 0.15) is 223 Å². The van der Waals surface area contributed by atoms with E-state index in [4.69, 9.17) is 0 Å². The molecule has 0 heterocycles. The number of hydrogen-bond acceptors (Lipinski definition) is 3. The van der Waals surface area contributed by atoms with Crippen LogP contribution in [0.2, 0.25) is 0 Å². The number of carbonyl (C=O) groups is 2. The summed E-state index contributed by atoms with van der Waals surface area (Å²) < 4.78 is 0. The minimum Gasteiger partial charge on any atom is -0.508 e. The van der Waals surface area contributed by atoms with Gasteiger partial charge in [-0.05, 0) is 30.7 Å². The van der Waals surface area contributed by atoms with Crippen molar-refractivity contribution in [2.45, 2.75) is 212 Å². The van der Waals surface area contributed by atoms with Crippen molar-refractivity contribution in [3.63, 3.8) is 0 Å². The average Bonchev–Trinajstić information content (AvgIpc) is 3.04. The first-order valence-corrected chi connectivity index (χ1v) is 19.8. The zero-order chi connectivity index (χ0) is 32.5. The molecule has 0 bridgehead atoms. The predicted octanol–water partition coefficient (Wildman–Crippen LogP) is 13.2. The van der Waals surface area contributed by atoms with E-state index in [9.17, 15) is 14.7 Å². The van der Waals surface area contributed by atoms with E-state index < -0.39 is 5.91 Å². The van der Waals surface area contributed by atoms with E-state index in [1.807, 2.05) is 0 Å². The van der Waals surface area contributed by atoms with E-state index in [1.165, 1.54) is 210 Å². The molecule has 4 nitrogen and oxygen atoms in total. The highest BCUT2D eigenvalue weighted by atomic mass is 16.3. The number of aromatic hydroxyl groups is 1. The number of amides is 2. The van der Waals surface area contributed by atoms with Gasteiger partial charge in [0.05, 0.1) is 0 Å². The predicted molar refractivity (Wildman–Crippen MR) is 194 cm³/mol. The normalized spacial score (nSPS) is 11.2. The van der Waals surface area contributed by atoms with E-state index in [0.29, 0.717) is 12.0 Å². The Morgan fingerprint density at radius 3 is 1.00 bits per heavy atom. The van der Waals surface area contributed by atoms with E-state index >= 15 is 0 Å². The third kappa shape index (κ3) is 28.1. The van der Waals surface area contributed by atoms with Crippen molar-refractivity contribution in [2.24, 2.45) is 0 Å². The van der Waals surface area contributed by atoms with Gasteiger partial charge < -0.3 is 5.11 Å². The molecule has 0 atom stereocenters. The molecule has 0 aliphatic heterocycles. The topological polar surface area (TPSA) is 66.4 Å². The summed E-state index contributed by atoms with van der Waals surface area (Å²) in [5.41, 5.74) is 0.386. The molecule has 0 aromatic heterocycles. The molecule has 0 spiro atoms. The first kappa shape index (κ1) is 41.2. The number of imide groups is 1. The molecule has 0 fully saturated rings. The first-order chi connectivity index (χ1) is 22.1. The Kier molecular flexibility index (Phi) is 29.4. The van der Waals surface area contributed by atoms with Gasteiger partial charge in [-0.3, -0.25) is 14.9 Å². The smallest absolute Gasteiger partial charge is 0.257 e. The van der Waals surface area contributed by atoms with Crippen molar-refractivity contribution in [3.8, 4) is 5.75 Å². The van der Waals surface area contributed by atoms with Gasteiger partial charge in [0.2, 0.25) is 5.91 Å². The molecule has 260 valence electrons. The van der Waals surface area contributed by atoms with Gasteiger partial charge in [-0.1, -0.05) is 200 Å². The molecule has 1 aromatic carbocycles. The van der Waals surface area contributed by atoms with Crippen LogP contribution in [0.4, 0.5) is 0 Å². The largest absolute Gasteiger partial charge is 0.508 e. The van der Waals surface area contributed by atoms with Crippen LogP contribution in [0.25, 0.3) is 0 Å². The number of phenolic OH excluding ortho intramolecular Hbond substituents is 1. The molecular weight excluding hydrogens is 554 g/mol. The molecule has 0 unspecified atom stereocenters. The van der Waals surface area contributed by atoms with E-state index in [2.05, 4.69) is 12.2 Å². The standard InChI is InChI=1S/C41H73NO3/c1-2-3-4-5-6-7-8-9-10-11-12-13-14-15-16-17-18-19-20-21-22-23-24-25-26-27-28-29-30-31-32-33-40(44)42-41(45)38-34-36-39(43)37-35-38/h34-37,43H,2-33H2,1H3,(H,42,44,45). The summed E-state index contributed by atoms with van der Waals surface area (Å²) in [5.74, 6) is -0.515. The van der Waals surface area contributed by atoms with Gasteiger partial charge in [-0.2, -0.15) is 0 Å². The second-order valence-electron chi connectivity index (χ2n) is 13.8. The number of hydrogen-bond donors (Lipinski definition) is 2. The zero-order valence-electron chi connectivity index (χ0n) is 29.7. The Bertz CT molecular complexity index is 790. The van der Waals surface area contributed by atoms with Crippen LogP contribution in [0.15, 0.2) is 24.3 Å². The van der Waals surface area contributed by atoms with Crippen molar-refractivity contribution in [3.05, 3.63) is 29.8 Å². The van der Waals surface area contributed by atoms with Crippen LogP contribution in [0.3, 0.4) is 0 Å². The van der Waals surface area contributed by atoms with Crippen LogP contribution < -0.4 is 5.32 Å². The highest BCUT2D eigenvalue weighted by Gasteiger charge is 2.10. The molecule has 1 rings (SSSR count). The van der Waals surface area contributed by atoms with Gasteiger partial charge in [0.25, 0.3) is 5.91 Å². The molecule has 2 N–H and O–H groups in total. The molecular formula is C41H73NO3. The second-order valence-corrected chi connectivity index (χ2v) is 13.8. The van der Waals surface area contributed by atoms with Gasteiger partial charge in [0.1, 0.15) is 5.75 Å². The molecule has 0 radical (unpaired) electrons. The number of benzene rings is 1. The van der Waals surface area contributed by atoms with Gasteiger partial charge in [0, 0.05) is 12.0 Å². The molecule has 4 heteroatoms. The van der Waals surface area contributed by atoms with Crippen molar-refractivity contribution in [1.82, 2.24) is 5.32 Å². The van der Waals surface area contributed by atoms with Crippen molar-refractivity contribution >= 4 is 11.8 Å². The van der Waals surface area contributed by atoms with Crippen LogP contribution >= 0.6 is 0 Å². The summed E-state index contributed by atoms with van der Waals surface area (Å²) in [7, 11) is 0. The molecule has 2 amide bonds. The zero-order valence-corrected chi connectivity index (χ0v) is 29.7. The van der Waals surface area contributed by atoms with E-state index in [-0.39, 0.29) is 11.7 Å². The lowest BCUT2D eigenvalue weighted by Gasteiger charge is -2.05. The average molecular weight is 628 g/mol. The minimum absolute atomic E-state index is 0.106. The SMILES string of the molecule is CCCCCCCCCCCCCCCCCCCCCCCCCCCCCCCCCC(=O)NC(=O)c1ccc(O)cc1. The summed E-state index contributed by atoms with van der Waals surface area (Å²) in [5, 5.41) is 11.7. The summed E-state index contributed by atoms with van der Waals surface area (Å²) in [4.78, 5) is 24.0. The molecule has 0 aliphatic carbocycles. The first-order valence-electron chi connectivity index (χ1n) is 19.8. The Morgan fingerprint density at radius 2 is 0.711 bits per heavy atom. The molecule has 1 aromatic rings. The highest BCUT2D eigenvalue weighted by molar-refractivity contribution is 6.04. The lowest BCUT2D eigenvalue weighted by molar-refractivity contribution is -0.120. The molecule has 0 saturated carbocycles. The Morgan fingerprint density at radius 1 is 0.444 bits per heavy atom. The number of rotatable bonds is 33. The van der Waals surface area contributed by atoms with Gasteiger partial charge >= 0.3 is 0 Å². The minimum atomic E-state index is -0.402. The van der Waals surface area contributed by atoms with Gasteiger partial charge in [0.15, 0.2) is 0 Å². The van der Waals surface area contributed by atoms with Crippen molar-refractivity contribution < 1.29 is 14.7 Å². The maximum absolute atomic E-state index is 12.0. The molecule has 45 heavy (non-hydrogen) atoms. The van der Waals surface area contributed by atoms with Crippen LogP contribution in [0, 0.1) is 0 Å². The fourth-order valence-corrected chi connectivity index (χ4v) is 6.36. The Hall–Kier alpha value is -1.84. The third-order valence-electron chi connectivity index (χ3n) is 9.39. The highest BCUT2D eigenvalue weighted by Crippen LogP contribution is 2.17. The van der Waals surface area contributed by atoms with Gasteiger partial charge in [-0.25, -0.2) is 0 Å². The summed E-state index contributed by atoms with van der Waals surface area (Å²) in [6.07, 6.45) is 43.4. The van der Waals surface area contributed by atoms with Crippen molar-refractivity contribution in [1.29, 1.82) is 0 Å². The molecule has 0 saturated heterocycles. The number of carbonyl (C=O) groups excluding carboxylic acids is 2. The lowest BCUT2D eigenvalue weighted by Crippen LogP contribution is -2.30. The summed E-state index contributed by atoms with van der Waals surface area (Å²) >= 11 is 0. The number of nitrogens with one attached hydrogen (secondary N) is 1. The van der Waals surface area contributed by atoms with Crippen LogP contribution in [-0.2, 0) is 4.79 Å². The lowest BCUT2D eigenvalue weighted by atomic mass is 10.0. The Labute approximate surface area is 279 Å². The third-order valence-corrected chi connectivity index (χ3v) is 9.39. The van der Waals surface area contributed by atoms with Gasteiger partial charge in [-0.15, -0.1) is 0 Å². The number of phenols is 1. The number of unbranched alkanes of at least 4 members (excludes halogenated alkanes) is 30. The van der Waals surface area contributed by atoms with Crippen LogP contribution in [0.5, 0.6) is 5.75 Å². The Balaban J connectivity index is 1.69. The van der Waals surface area contributed by atoms with E-state index in [1.54, 1.807) is 0 Å². The fraction of sp³-hybridized carbons (Fsp3) is 0.805. The summed E-state index contributed by atoms with van der Waals surface area (Å²) in [6.45, 7) is 2.30. The fourth-order valence-electron chi connectivity index (χ4n) is 6.36. The summed E-state index contributed by atoms with van der Waals surface area (Å²) in [6, 6.07) is 5.93. The van der Waals surface area contributed by atoms with Crippen LogP contribution in [-0.4, -0.2) is 16.9 Å². The second kappa shape index (κ2) is 32.1. The maximum Gasteiger partial charge on any atom is 0.257 e. The van der Waals surface area contributed by atoms with Crippen molar-refractivity contribution in [2.75, 3.05) is 0 Å². The van der Waals surface area contributed by atoms with E-state index in [0.717, 1.165) is 12.8 Å². The quantitative estimate of drug-likeness (QED) is 0.0762.